The highest BCUT2D eigenvalue weighted by Crippen LogP contribution is 2.37. The first-order chi connectivity index (χ1) is 12.9. The maximum Gasteiger partial charge on any atom is 0.418 e. The van der Waals surface area contributed by atoms with Crippen LogP contribution in [0.15, 0.2) is 42.9 Å². The molecular weight excluding hydrogens is 355 g/mol. The third-order valence-corrected chi connectivity index (χ3v) is 4.81. The molecule has 0 spiro atoms. The fourth-order valence-electron chi connectivity index (χ4n) is 3.28. The minimum absolute atomic E-state index is 0.0642. The standard InChI is InChI=1S/C19H18F3N5/c1-26-7-9-27(10-8-26)18-24-11-13(12-25-18)14-4-5-16(19(20,21)22)17-15(14)3-2-6-23-17/h2-6,11-12H,7-10H2,1H3. The molecule has 1 saturated heterocycles. The topological polar surface area (TPSA) is 45.2 Å². The lowest BCUT2D eigenvalue weighted by atomic mass is 9.99. The Hall–Kier alpha value is -2.74. The second-order valence-corrected chi connectivity index (χ2v) is 6.62. The minimum atomic E-state index is -4.45. The summed E-state index contributed by atoms with van der Waals surface area (Å²) >= 11 is 0. The lowest BCUT2D eigenvalue weighted by molar-refractivity contribution is -0.136. The molecule has 0 unspecified atom stereocenters. The van der Waals surface area contributed by atoms with E-state index >= 15 is 0 Å². The Morgan fingerprint density at radius 3 is 2.30 bits per heavy atom. The third kappa shape index (κ3) is 3.44. The quantitative estimate of drug-likeness (QED) is 0.688. The van der Waals surface area contributed by atoms with Crippen molar-refractivity contribution in [2.45, 2.75) is 6.18 Å². The molecule has 4 rings (SSSR count). The zero-order chi connectivity index (χ0) is 19.0. The average molecular weight is 373 g/mol. The lowest BCUT2D eigenvalue weighted by Crippen LogP contribution is -2.45. The molecule has 3 aromatic rings. The molecule has 0 bridgehead atoms. The van der Waals surface area contributed by atoms with Gasteiger partial charge in [-0.15, -0.1) is 0 Å². The molecule has 0 saturated carbocycles. The monoisotopic (exact) mass is 373 g/mol. The Balaban J connectivity index is 1.71. The SMILES string of the molecule is CN1CCN(c2ncc(-c3ccc(C(F)(F)F)c4ncccc34)cn2)CC1. The van der Waals surface area contributed by atoms with E-state index < -0.39 is 11.7 Å². The summed E-state index contributed by atoms with van der Waals surface area (Å²) in [5.74, 6) is 0.640. The Morgan fingerprint density at radius 2 is 1.63 bits per heavy atom. The van der Waals surface area contributed by atoms with Gasteiger partial charge in [-0.25, -0.2) is 9.97 Å². The highest BCUT2D eigenvalue weighted by atomic mass is 19.4. The number of fused-ring (bicyclic) bond motifs is 1. The Kier molecular flexibility index (Phi) is 4.43. The summed E-state index contributed by atoms with van der Waals surface area (Å²) in [6.45, 7) is 3.59. The molecule has 0 atom stereocenters. The number of hydrogen-bond donors (Lipinski definition) is 0. The van der Waals surface area contributed by atoms with Gasteiger partial charge in [-0.1, -0.05) is 12.1 Å². The van der Waals surface area contributed by atoms with Crippen LogP contribution < -0.4 is 4.90 Å². The van der Waals surface area contributed by atoms with Crippen LogP contribution in [0.3, 0.4) is 0 Å². The summed E-state index contributed by atoms with van der Waals surface area (Å²) in [4.78, 5) is 17.2. The molecular formula is C19H18F3N5. The van der Waals surface area contributed by atoms with Crippen LogP contribution in [0, 0.1) is 0 Å². The van der Waals surface area contributed by atoms with Gasteiger partial charge in [0.1, 0.15) is 0 Å². The number of anilines is 1. The van der Waals surface area contributed by atoms with Gasteiger partial charge in [0, 0.05) is 55.7 Å². The van der Waals surface area contributed by atoms with Crippen molar-refractivity contribution in [2.75, 3.05) is 38.1 Å². The summed E-state index contributed by atoms with van der Waals surface area (Å²) in [6, 6.07) is 5.80. The van der Waals surface area contributed by atoms with Crippen LogP contribution in [-0.4, -0.2) is 53.1 Å². The van der Waals surface area contributed by atoms with E-state index in [9.17, 15) is 13.2 Å². The van der Waals surface area contributed by atoms with Crippen LogP contribution in [0.1, 0.15) is 5.56 Å². The van der Waals surface area contributed by atoms with E-state index in [1.165, 1.54) is 12.3 Å². The zero-order valence-electron chi connectivity index (χ0n) is 14.7. The summed E-state index contributed by atoms with van der Waals surface area (Å²) in [6.07, 6.45) is 0.243. The normalized spacial score (nSPS) is 16.1. The number of likely N-dealkylation sites (N-methyl/N-ethyl adjacent to an activating group) is 1. The molecule has 140 valence electrons. The van der Waals surface area contributed by atoms with Crippen molar-refractivity contribution in [1.29, 1.82) is 0 Å². The highest BCUT2D eigenvalue weighted by molar-refractivity contribution is 5.96. The number of aromatic nitrogens is 3. The molecule has 1 aromatic carbocycles. The van der Waals surface area contributed by atoms with Crippen LogP contribution in [0.4, 0.5) is 19.1 Å². The van der Waals surface area contributed by atoms with Gasteiger partial charge in [-0.3, -0.25) is 4.98 Å². The van der Waals surface area contributed by atoms with Gasteiger partial charge in [0.25, 0.3) is 0 Å². The fourth-order valence-corrected chi connectivity index (χ4v) is 3.28. The molecule has 0 aliphatic carbocycles. The number of rotatable bonds is 2. The number of hydrogen-bond acceptors (Lipinski definition) is 5. The number of alkyl halides is 3. The molecule has 0 amide bonds. The van der Waals surface area contributed by atoms with Crippen molar-refractivity contribution >= 4 is 16.9 Å². The Bertz CT molecular complexity index is 948. The van der Waals surface area contributed by atoms with Crippen molar-refractivity contribution < 1.29 is 13.2 Å². The van der Waals surface area contributed by atoms with Crippen LogP contribution in [0.5, 0.6) is 0 Å². The molecule has 1 aliphatic heterocycles. The van der Waals surface area contributed by atoms with Crippen molar-refractivity contribution in [1.82, 2.24) is 19.9 Å². The highest BCUT2D eigenvalue weighted by Gasteiger charge is 2.33. The smallest absolute Gasteiger partial charge is 0.338 e. The lowest BCUT2D eigenvalue weighted by Gasteiger charge is -2.32. The van der Waals surface area contributed by atoms with E-state index in [0.717, 1.165) is 32.2 Å². The van der Waals surface area contributed by atoms with E-state index in [1.54, 1.807) is 24.5 Å². The maximum absolute atomic E-state index is 13.3. The maximum atomic E-state index is 13.3. The predicted molar refractivity (Wildman–Crippen MR) is 97.5 cm³/mol. The minimum Gasteiger partial charge on any atom is -0.338 e. The van der Waals surface area contributed by atoms with Crippen molar-refractivity contribution in [2.24, 2.45) is 0 Å². The summed E-state index contributed by atoms with van der Waals surface area (Å²) in [7, 11) is 2.07. The Morgan fingerprint density at radius 1 is 0.926 bits per heavy atom. The van der Waals surface area contributed by atoms with Gasteiger partial charge in [0.05, 0.1) is 11.1 Å². The van der Waals surface area contributed by atoms with E-state index in [1.807, 2.05) is 0 Å². The second-order valence-electron chi connectivity index (χ2n) is 6.62. The van der Waals surface area contributed by atoms with E-state index in [0.29, 0.717) is 22.5 Å². The van der Waals surface area contributed by atoms with Gasteiger partial charge in [0.15, 0.2) is 0 Å². The van der Waals surface area contributed by atoms with Gasteiger partial charge in [0.2, 0.25) is 5.95 Å². The summed E-state index contributed by atoms with van der Waals surface area (Å²) in [5, 5.41) is 0.434. The number of benzene rings is 1. The van der Waals surface area contributed by atoms with Crippen molar-refractivity contribution in [3.63, 3.8) is 0 Å². The van der Waals surface area contributed by atoms with E-state index in [-0.39, 0.29) is 5.52 Å². The van der Waals surface area contributed by atoms with Crippen molar-refractivity contribution in [3.8, 4) is 11.1 Å². The molecule has 1 fully saturated rings. The van der Waals surface area contributed by atoms with E-state index in [4.69, 9.17) is 0 Å². The van der Waals surface area contributed by atoms with Gasteiger partial charge >= 0.3 is 6.18 Å². The fraction of sp³-hybridized carbons (Fsp3) is 0.316. The van der Waals surface area contributed by atoms with Crippen LogP contribution in [0.2, 0.25) is 0 Å². The van der Waals surface area contributed by atoms with Crippen LogP contribution >= 0.6 is 0 Å². The zero-order valence-corrected chi connectivity index (χ0v) is 14.7. The van der Waals surface area contributed by atoms with E-state index in [2.05, 4.69) is 31.8 Å². The molecule has 27 heavy (non-hydrogen) atoms. The third-order valence-electron chi connectivity index (χ3n) is 4.81. The second kappa shape index (κ2) is 6.77. The van der Waals surface area contributed by atoms with Crippen molar-refractivity contribution in [3.05, 3.63) is 48.4 Å². The number of nitrogens with zero attached hydrogens (tertiary/aromatic N) is 5. The van der Waals surface area contributed by atoms with Gasteiger partial charge < -0.3 is 9.80 Å². The summed E-state index contributed by atoms with van der Waals surface area (Å²) < 4.78 is 39.8. The molecule has 5 nitrogen and oxygen atoms in total. The number of halogens is 3. The van der Waals surface area contributed by atoms with Gasteiger partial charge in [-0.05, 0) is 24.7 Å². The largest absolute Gasteiger partial charge is 0.418 e. The van der Waals surface area contributed by atoms with Gasteiger partial charge in [-0.2, -0.15) is 13.2 Å². The van der Waals surface area contributed by atoms with Crippen LogP contribution in [0.25, 0.3) is 22.0 Å². The summed E-state index contributed by atoms with van der Waals surface area (Å²) in [5.41, 5.74) is 0.498. The first kappa shape index (κ1) is 17.7. The first-order valence-electron chi connectivity index (χ1n) is 8.64. The number of pyridine rings is 1. The molecule has 3 heterocycles. The molecule has 1 aliphatic rings. The Labute approximate surface area is 154 Å². The predicted octanol–water partition coefficient (Wildman–Crippen LogP) is 3.46. The molecule has 0 radical (unpaired) electrons. The first-order valence-corrected chi connectivity index (χ1v) is 8.64. The number of piperazine rings is 1. The average Bonchev–Trinajstić information content (AvgIpc) is 2.67. The molecule has 8 heteroatoms. The molecule has 0 N–H and O–H groups in total. The van der Waals surface area contributed by atoms with Crippen LogP contribution in [-0.2, 0) is 6.18 Å². The molecule has 2 aromatic heterocycles.